The van der Waals surface area contributed by atoms with Gasteiger partial charge in [-0.25, -0.2) is 13.1 Å². The number of benzene rings is 1. The van der Waals surface area contributed by atoms with Gasteiger partial charge >= 0.3 is 0 Å². The van der Waals surface area contributed by atoms with Crippen LogP contribution in [0, 0.1) is 0 Å². The van der Waals surface area contributed by atoms with E-state index in [0.29, 0.717) is 17.5 Å². The zero-order valence-corrected chi connectivity index (χ0v) is 15.2. The number of nitrogens with one attached hydrogen (secondary N) is 3. The Balaban J connectivity index is 2.35. The smallest absolute Gasteiger partial charge is 0.240 e. The molecule has 0 amide bonds. The fourth-order valence-corrected chi connectivity index (χ4v) is 3.22. The molecule has 0 saturated carbocycles. The van der Waals surface area contributed by atoms with Gasteiger partial charge in [0.25, 0.3) is 0 Å². The summed E-state index contributed by atoms with van der Waals surface area (Å²) >= 11 is 5.81. The number of guanidine groups is 1. The fourth-order valence-electron chi connectivity index (χ4n) is 1.89. The van der Waals surface area contributed by atoms with Crippen molar-refractivity contribution in [3.63, 3.8) is 0 Å². The maximum atomic E-state index is 12.1. The van der Waals surface area contributed by atoms with Gasteiger partial charge in [0.05, 0.1) is 4.90 Å². The molecule has 6 nitrogen and oxygen atoms in total. The zero-order valence-electron chi connectivity index (χ0n) is 13.6. The van der Waals surface area contributed by atoms with Crippen molar-refractivity contribution in [2.75, 3.05) is 26.7 Å². The lowest BCUT2D eigenvalue weighted by Crippen LogP contribution is -2.41. The van der Waals surface area contributed by atoms with Gasteiger partial charge in [-0.05, 0) is 24.6 Å². The second kappa shape index (κ2) is 10.5. The lowest BCUT2D eigenvalue weighted by Gasteiger charge is -2.12. The van der Waals surface area contributed by atoms with Gasteiger partial charge in [-0.15, -0.1) is 0 Å². The summed E-state index contributed by atoms with van der Waals surface area (Å²) in [6, 6.07) is 6.18. The van der Waals surface area contributed by atoms with Crippen LogP contribution in [0.1, 0.15) is 26.2 Å². The molecule has 0 radical (unpaired) electrons. The third-order valence-electron chi connectivity index (χ3n) is 3.11. The number of hydrogen-bond donors (Lipinski definition) is 3. The normalized spacial score (nSPS) is 12.2. The van der Waals surface area contributed by atoms with Crippen LogP contribution >= 0.6 is 11.6 Å². The van der Waals surface area contributed by atoms with E-state index in [1.165, 1.54) is 25.0 Å². The number of nitrogens with zero attached hydrogens (tertiary/aromatic N) is 1. The summed E-state index contributed by atoms with van der Waals surface area (Å²) < 4.78 is 26.7. The van der Waals surface area contributed by atoms with Gasteiger partial charge in [0.2, 0.25) is 10.0 Å². The monoisotopic (exact) mass is 360 g/mol. The molecule has 1 aromatic carbocycles. The Kier molecular flexibility index (Phi) is 8.98. The minimum Gasteiger partial charge on any atom is -0.356 e. The molecule has 0 spiro atoms. The Morgan fingerprint density at radius 1 is 1.17 bits per heavy atom. The maximum Gasteiger partial charge on any atom is 0.240 e. The first-order valence-corrected chi connectivity index (χ1v) is 9.55. The minimum atomic E-state index is -3.55. The molecule has 130 valence electrons. The Morgan fingerprint density at radius 3 is 2.57 bits per heavy atom. The van der Waals surface area contributed by atoms with Crippen LogP contribution < -0.4 is 15.4 Å². The third kappa shape index (κ3) is 7.67. The minimum absolute atomic E-state index is 0.159. The van der Waals surface area contributed by atoms with Gasteiger partial charge in [0.1, 0.15) is 0 Å². The lowest BCUT2D eigenvalue weighted by molar-refractivity contribution is 0.580. The number of aliphatic imine (C=N–C) groups is 1. The van der Waals surface area contributed by atoms with E-state index in [1.807, 2.05) is 0 Å². The highest BCUT2D eigenvalue weighted by molar-refractivity contribution is 7.89. The van der Waals surface area contributed by atoms with E-state index < -0.39 is 10.0 Å². The molecule has 1 rings (SSSR count). The van der Waals surface area contributed by atoms with Crippen LogP contribution in [0.3, 0.4) is 0 Å². The molecule has 0 aliphatic heterocycles. The average molecular weight is 361 g/mol. The summed E-state index contributed by atoms with van der Waals surface area (Å²) in [5, 5.41) is 6.64. The van der Waals surface area contributed by atoms with E-state index in [0.717, 1.165) is 13.0 Å². The first-order valence-electron chi connectivity index (χ1n) is 7.69. The Morgan fingerprint density at radius 2 is 1.91 bits per heavy atom. The van der Waals surface area contributed by atoms with Crippen LogP contribution in [0.2, 0.25) is 5.02 Å². The number of sulfonamides is 1. The van der Waals surface area contributed by atoms with Crippen molar-refractivity contribution in [3.8, 4) is 0 Å². The Hall–Kier alpha value is -1.31. The van der Waals surface area contributed by atoms with Crippen molar-refractivity contribution in [1.82, 2.24) is 15.4 Å². The standard InChI is InChI=1S/C15H25ClN4O2S/c1-3-4-5-9-18-15(17-2)19-10-11-20-23(21,22)14-8-6-7-13(16)12-14/h6-8,12,20H,3-5,9-11H2,1-2H3,(H2,17,18,19). The van der Waals surface area contributed by atoms with Gasteiger partial charge in [-0.2, -0.15) is 0 Å². The zero-order chi connectivity index (χ0) is 17.1. The maximum absolute atomic E-state index is 12.1. The first kappa shape index (κ1) is 19.7. The summed E-state index contributed by atoms with van der Waals surface area (Å²) in [7, 11) is -1.86. The molecule has 8 heteroatoms. The van der Waals surface area contributed by atoms with Crippen molar-refractivity contribution in [3.05, 3.63) is 29.3 Å². The predicted molar refractivity (Wildman–Crippen MR) is 95.5 cm³/mol. The average Bonchev–Trinajstić information content (AvgIpc) is 2.53. The number of hydrogen-bond acceptors (Lipinski definition) is 3. The largest absolute Gasteiger partial charge is 0.356 e. The van der Waals surface area contributed by atoms with E-state index in [1.54, 1.807) is 19.2 Å². The van der Waals surface area contributed by atoms with Crippen molar-refractivity contribution in [1.29, 1.82) is 0 Å². The number of halogens is 1. The van der Waals surface area contributed by atoms with E-state index >= 15 is 0 Å². The van der Waals surface area contributed by atoms with E-state index in [9.17, 15) is 8.42 Å². The SMILES string of the molecule is CCCCCNC(=NC)NCCNS(=O)(=O)c1cccc(Cl)c1. The first-order chi connectivity index (χ1) is 11.0. The highest BCUT2D eigenvalue weighted by Gasteiger charge is 2.13. The summed E-state index contributed by atoms with van der Waals surface area (Å²) in [6.07, 6.45) is 3.42. The van der Waals surface area contributed by atoms with Gasteiger partial charge in [-0.1, -0.05) is 37.4 Å². The molecule has 0 heterocycles. The second-order valence-electron chi connectivity index (χ2n) is 4.99. The quantitative estimate of drug-likeness (QED) is 0.357. The summed E-state index contributed by atoms with van der Waals surface area (Å²) in [6.45, 7) is 3.69. The summed E-state index contributed by atoms with van der Waals surface area (Å²) in [5.74, 6) is 0.669. The fraction of sp³-hybridized carbons (Fsp3) is 0.533. The number of unbranched alkanes of at least 4 members (excludes halogenated alkanes) is 2. The van der Waals surface area contributed by atoms with E-state index in [2.05, 4.69) is 27.3 Å². The molecule has 1 aromatic rings. The molecule has 0 aliphatic carbocycles. The predicted octanol–water partition coefficient (Wildman–Crippen LogP) is 1.97. The molecular formula is C15H25ClN4O2S. The second-order valence-corrected chi connectivity index (χ2v) is 7.19. The van der Waals surface area contributed by atoms with Crippen LogP contribution in [-0.2, 0) is 10.0 Å². The van der Waals surface area contributed by atoms with E-state index in [4.69, 9.17) is 11.6 Å². The topological polar surface area (TPSA) is 82.6 Å². The Bertz CT molecular complexity index is 605. The molecule has 0 bridgehead atoms. The molecule has 3 N–H and O–H groups in total. The highest BCUT2D eigenvalue weighted by Crippen LogP contribution is 2.14. The highest BCUT2D eigenvalue weighted by atomic mass is 35.5. The molecule has 0 aliphatic rings. The molecule has 0 aromatic heterocycles. The van der Waals surface area contributed by atoms with Crippen molar-refractivity contribution in [2.45, 2.75) is 31.1 Å². The Labute approximate surface area is 143 Å². The summed E-state index contributed by atoms with van der Waals surface area (Å²) in [4.78, 5) is 4.25. The summed E-state index contributed by atoms with van der Waals surface area (Å²) in [5.41, 5.74) is 0. The molecule has 0 fully saturated rings. The molecule has 0 saturated heterocycles. The third-order valence-corrected chi connectivity index (χ3v) is 4.81. The molecule has 23 heavy (non-hydrogen) atoms. The van der Waals surface area contributed by atoms with Crippen molar-refractivity contribution in [2.24, 2.45) is 4.99 Å². The van der Waals surface area contributed by atoms with Crippen LogP contribution in [0.5, 0.6) is 0 Å². The van der Waals surface area contributed by atoms with Gasteiger partial charge in [0, 0.05) is 31.7 Å². The van der Waals surface area contributed by atoms with Crippen LogP contribution in [-0.4, -0.2) is 41.1 Å². The van der Waals surface area contributed by atoms with Crippen molar-refractivity contribution < 1.29 is 8.42 Å². The van der Waals surface area contributed by atoms with Gasteiger partial charge in [-0.3, -0.25) is 4.99 Å². The molecule has 0 unspecified atom stereocenters. The molecule has 0 atom stereocenters. The van der Waals surface area contributed by atoms with Crippen LogP contribution in [0.15, 0.2) is 34.2 Å². The van der Waals surface area contributed by atoms with Crippen molar-refractivity contribution >= 4 is 27.6 Å². The van der Waals surface area contributed by atoms with Gasteiger partial charge < -0.3 is 10.6 Å². The van der Waals surface area contributed by atoms with E-state index in [-0.39, 0.29) is 11.4 Å². The lowest BCUT2D eigenvalue weighted by atomic mass is 10.2. The van der Waals surface area contributed by atoms with Crippen LogP contribution in [0.25, 0.3) is 0 Å². The van der Waals surface area contributed by atoms with Gasteiger partial charge in [0.15, 0.2) is 5.96 Å². The number of rotatable bonds is 9. The van der Waals surface area contributed by atoms with Crippen LogP contribution in [0.4, 0.5) is 0 Å². The molecular weight excluding hydrogens is 336 g/mol.